The molecule has 98 valence electrons. The Labute approximate surface area is 108 Å². The Bertz CT molecular complexity index is 451. The number of amides is 2. The van der Waals surface area contributed by atoms with Crippen molar-refractivity contribution in [3.63, 3.8) is 0 Å². The summed E-state index contributed by atoms with van der Waals surface area (Å²) in [5.41, 5.74) is 0.586. The van der Waals surface area contributed by atoms with E-state index in [1.54, 1.807) is 4.90 Å². The standard InChI is InChI=1S/C14H20N2O2/c1-10-9-18-12-8-6-5-7-11(12)16(10)13(17)15-14(2,3)4/h5-8,10H,9H2,1-4H3,(H,15,17). The van der Waals surface area contributed by atoms with Crippen LogP contribution in [0.3, 0.4) is 0 Å². The molecular formula is C14H20N2O2. The highest BCUT2D eigenvalue weighted by Gasteiger charge is 2.30. The van der Waals surface area contributed by atoms with E-state index in [1.165, 1.54) is 0 Å². The maximum absolute atomic E-state index is 12.3. The van der Waals surface area contributed by atoms with Crippen molar-refractivity contribution in [2.45, 2.75) is 39.3 Å². The number of nitrogens with one attached hydrogen (secondary N) is 1. The molecule has 1 aromatic rings. The Morgan fingerprint density at radius 3 is 2.72 bits per heavy atom. The predicted octanol–water partition coefficient (Wildman–Crippen LogP) is 2.78. The lowest BCUT2D eigenvalue weighted by molar-refractivity contribution is 0.223. The molecule has 0 aromatic heterocycles. The van der Waals surface area contributed by atoms with E-state index in [9.17, 15) is 4.79 Å². The third kappa shape index (κ3) is 2.58. The fourth-order valence-electron chi connectivity index (χ4n) is 1.99. The Hall–Kier alpha value is -1.71. The molecule has 0 fully saturated rings. The molecule has 0 saturated carbocycles. The predicted molar refractivity (Wildman–Crippen MR) is 72.2 cm³/mol. The summed E-state index contributed by atoms with van der Waals surface area (Å²) in [4.78, 5) is 14.1. The first-order valence-electron chi connectivity index (χ1n) is 6.22. The van der Waals surface area contributed by atoms with Crippen molar-refractivity contribution >= 4 is 11.7 Å². The molecule has 1 aliphatic rings. The van der Waals surface area contributed by atoms with Crippen LogP contribution in [0.4, 0.5) is 10.5 Å². The van der Waals surface area contributed by atoms with E-state index in [4.69, 9.17) is 4.74 Å². The number of urea groups is 1. The van der Waals surface area contributed by atoms with Gasteiger partial charge in [-0.25, -0.2) is 4.79 Å². The summed E-state index contributed by atoms with van der Waals surface area (Å²) in [7, 11) is 0. The zero-order chi connectivity index (χ0) is 13.3. The van der Waals surface area contributed by atoms with Gasteiger partial charge in [0.15, 0.2) is 0 Å². The molecule has 1 heterocycles. The van der Waals surface area contributed by atoms with Crippen molar-refractivity contribution in [2.24, 2.45) is 0 Å². The molecule has 0 aliphatic carbocycles. The van der Waals surface area contributed by atoms with Crippen molar-refractivity contribution in [2.75, 3.05) is 11.5 Å². The molecular weight excluding hydrogens is 228 g/mol. The average molecular weight is 248 g/mol. The minimum atomic E-state index is -0.246. The molecule has 1 aromatic carbocycles. The van der Waals surface area contributed by atoms with Crippen molar-refractivity contribution < 1.29 is 9.53 Å². The first-order valence-corrected chi connectivity index (χ1v) is 6.22. The average Bonchev–Trinajstić information content (AvgIpc) is 2.26. The third-order valence-corrected chi connectivity index (χ3v) is 2.75. The molecule has 0 bridgehead atoms. The van der Waals surface area contributed by atoms with E-state index < -0.39 is 0 Å². The van der Waals surface area contributed by atoms with E-state index >= 15 is 0 Å². The van der Waals surface area contributed by atoms with Gasteiger partial charge in [0.25, 0.3) is 0 Å². The molecule has 1 N–H and O–H groups in total. The summed E-state index contributed by atoms with van der Waals surface area (Å²) in [5.74, 6) is 0.764. The summed E-state index contributed by atoms with van der Waals surface area (Å²) in [6.45, 7) is 8.43. The largest absolute Gasteiger partial charge is 0.489 e. The number of carbonyl (C=O) groups is 1. The number of para-hydroxylation sites is 2. The van der Waals surface area contributed by atoms with Crippen molar-refractivity contribution in [1.29, 1.82) is 0 Å². The highest BCUT2D eigenvalue weighted by molar-refractivity contribution is 5.95. The van der Waals surface area contributed by atoms with Gasteiger partial charge in [-0.15, -0.1) is 0 Å². The number of hydrogen-bond donors (Lipinski definition) is 1. The van der Waals surface area contributed by atoms with Gasteiger partial charge in [0.1, 0.15) is 12.4 Å². The fourth-order valence-corrected chi connectivity index (χ4v) is 1.99. The summed E-state index contributed by atoms with van der Waals surface area (Å²) >= 11 is 0. The smallest absolute Gasteiger partial charge is 0.322 e. The van der Waals surface area contributed by atoms with Gasteiger partial charge in [-0.3, -0.25) is 4.90 Å². The van der Waals surface area contributed by atoms with E-state index in [1.807, 2.05) is 52.0 Å². The number of hydrogen-bond acceptors (Lipinski definition) is 2. The second-order valence-electron chi connectivity index (χ2n) is 5.68. The zero-order valence-electron chi connectivity index (χ0n) is 11.4. The maximum Gasteiger partial charge on any atom is 0.322 e. The SMILES string of the molecule is CC1COc2ccccc2N1C(=O)NC(C)(C)C. The van der Waals surface area contributed by atoms with Crippen molar-refractivity contribution in [3.05, 3.63) is 24.3 Å². The van der Waals surface area contributed by atoms with Gasteiger partial charge >= 0.3 is 6.03 Å². The first-order chi connectivity index (χ1) is 8.38. The van der Waals surface area contributed by atoms with Gasteiger partial charge in [0, 0.05) is 5.54 Å². The molecule has 0 saturated heterocycles. The number of ether oxygens (including phenoxy) is 1. The quantitative estimate of drug-likeness (QED) is 0.767. The van der Waals surface area contributed by atoms with Crippen molar-refractivity contribution in [3.8, 4) is 5.75 Å². The van der Waals surface area contributed by atoms with E-state index in [0.717, 1.165) is 11.4 Å². The van der Waals surface area contributed by atoms with E-state index in [0.29, 0.717) is 6.61 Å². The molecule has 0 spiro atoms. The lowest BCUT2D eigenvalue weighted by Gasteiger charge is -2.36. The van der Waals surface area contributed by atoms with Gasteiger partial charge in [0.05, 0.1) is 11.7 Å². The highest BCUT2D eigenvalue weighted by atomic mass is 16.5. The second-order valence-corrected chi connectivity index (χ2v) is 5.68. The Balaban J connectivity index is 2.29. The molecule has 1 atom stereocenters. The van der Waals surface area contributed by atoms with Crippen molar-refractivity contribution in [1.82, 2.24) is 5.32 Å². The monoisotopic (exact) mass is 248 g/mol. The van der Waals surface area contributed by atoms with E-state index in [2.05, 4.69) is 5.32 Å². The van der Waals surface area contributed by atoms with Gasteiger partial charge in [0.2, 0.25) is 0 Å². The topological polar surface area (TPSA) is 41.6 Å². The summed E-state index contributed by atoms with van der Waals surface area (Å²) < 4.78 is 5.62. The molecule has 2 amide bonds. The number of benzene rings is 1. The second kappa shape index (κ2) is 4.52. The molecule has 1 aliphatic heterocycles. The number of nitrogens with zero attached hydrogens (tertiary/aromatic N) is 1. The van der Waals surface area contributed by atoms with Crippen LogP contribution in [0.2, 0.25) is 0 Å². The molecule has 2 rings (SSSR count). The molecule has 4 heteroatoms. The number of rotatable bonds is 0. The third-order valence-electron chi connectivity index (χ3n) is 2.75. The number of anilines is 1. The normalized spacial score (nSPS) is 18.9. The van der Waals surface area contributed by atoms with Crippen LogP contribution in [0.25, 0.3) is 0 Å². The van der Waals surface area contributed by atoms with Gasteiger partial charge < -0.3 is 10.1 Å². The van der Waals surface area contributed by atoms with Crippen LogP contribution in [0.1, 0.15) is 27.7 Å². The highest BCUT2D eigenvalue weighted by Crippen LogP contribution is 2.33. The van der Waals surface area contributed by atoms with Crippen LogP contribution in [0.5, 0.6) is 5.75 Å². The summed E-state index contributed by atoms with van der Waals surface area (Å²) in [5, 5.41) is 2.99. The Morgan fingerprint density at radius 2 is 2.06 bits per heavy atom. The van der Waals surface area contributed by atoms with E-state index in [-0.39, 0.29) is 17.6 Å². The molecule has 0 radical (unpaired) electrons. The van der Waals surface area contributed by atoms with Crippen LogP contribution in [0.15, 0.2) is 24.3 Å². The zero-order valence-corrected chi connectivity index (χ0v) is 11.4. The van der Waals surface area contributed by atoms with Crippen LogP contribution in [-0.4, -0.2) is 24.2 Å². The molecule has 1 unspecified atom stereocenters. The van der Waals surface area contributed by atoms with Crippen LogP contribution < -0.4 is 15.0 Å². The van der Waals surface area contributed by atoms with Crippen LogP contribution >= 0.6 is 0 Å². The lowest BCUT2D eigenvalue weighted by Crippen LogP contribution is -2.54. The van der Waals surface area contributed by atoms with Gasteiger partial charge in [-0.2, -0.15) is 0 Å². The minimum Gasteiger partial charge on any atom is -0.489 e. The summed E-state index contributed by atoms with van der Waals surface area (Å²) in [6, 6.07) is 7.57. The first kappa shape index (κ1) is 12.7. The fraction of sp³-hybridized carbons (Fsp3) is 0.500. The van der Waals surface area contributed by atoms with Gasteiger partial charge in [-0.1, -0.05) is 12.1 Å². The van der Waals surface area contributed by atoms with Crippen LogP contribution in [-0.2, 0) is 0 Å². The summed E-state index contributed by atoms with van der Waals surface area (Å²) in [6.07, 6.45) is 0. The number of carbonyl (C=O) groups excluding carboxylic acids is 1. The molecule has 4 nitrogen and oxygen atoms in total. The van der Waals surface area contributed by atoms with Gasteiger partial charge in [-0.05, 0) is 39.8 Å². The lowest BCUT2D eigenvalue weighted by atomic mass is 10.1. The maximum atomic E-state index is 12.3. The Morgan fingerprint density at radius 1 is 1.39 bits per heavy atom. The Kier molecular flexibility index (Phi) is 3.20. The number of fused-ring (bicyclic) bond motifs is 1. The van der Waals surface area contributed by atoms with Crippen LogP contribution in [0, 0.1) is 0 Å². The minimum absolute atomic E-state index is 0.0299. The molecule has 18 heavy (non-hydrogen) atoms.